The molecule has 0 aliphatic carbocycles. The van der Waals surface area contributed by atoms with Gasteiger partial charge in [0, 0.05) is 0 Å². The van der Waals surface area contributed by atoms with E-state index in [1.54, 1.807) is 6.20 Å². The van der Waals surface area contributed by atoms with Crippen molar-refractivity contribution < 1.29 is 4.74 Å². The van der Waals surface area contributed by atoms with Crippen LogP contribution in [0.25, 0.3) is 0 Å². The second-order valence-electron chi connectivity index (χ2n) is 3.78. The molecule has 3 unspecified atom stereocenters. The van der Waals surface area contributed by atoms with Gasteiger partial charge in [-0.05, 0) is 42.9 Å². The first-order valence-electron chi connectivity index (χ1n) is 4.73. The molecule has 0 spiro atoms. The molecule has 2 N–H and O–H groups in total. The fourth-order valence-corrected chi connectivity index (χ4v) is 2.33. The molecule has 4 nitrogen and oxygen atoms in total. The normalized spacial score (nSPS) is 32.4. The Morgan fingerprint density at radius 3 is 2.79 bits per heavy atom. The smallest absolute Gasteiger partial charge is 0.135 e. The van der Waals surface area contributed by atoms with E-state index in [0.717, 1.165) is 15.8 Å². The highest BCUT2D eigenvalue weighted by atomic mass is 127. The molecule has 0 amide bonds. The number of hydrogen-bond acceptors (Lipinski definition) is 3. The molecule has 3 atom stereocenters. The molecule has 0 radical (unpaired) electrons. The lowest BCUT2D eigenvalue weighted by Crippen LogP contribution is -2.19. The molecule has 2 rings (SSSR count). The molecule has 1 aliphatic heterocycles. The predicted molar refractivity (Wildman–Crippen MR) is 63.0 cm³/mol. The summed E-state index contributed by atoms with van der Waals surface area (Å²) in [6.45, 7) is 4.16. The fraction of sp³-hybridized carbons (Fsp3) is 0.667. The van der Waals surface area contributed by atoms with E-state index in [-0.39, 0.29) is 12.1 Å². The van der Waals surface area contributed by atoms with Gasteiger partial charge in [0.05, 0.1) is 28.0 Å². The SMILES string of the molecule is CC1CC(n2ncc(I)c2N)C(C)O1. The van der Waals surface area contributed by atoms with E-state index in [1.165, 1.54) is 0 Å². The van der Waals surface area contributed by atoms with Crippen LogP contribution in [0.15, 0.2) is 6.20 Å². The Hall–Kier alpha value is -0.300. The van der Waals surface area contributed by atoms with Crippen molar-refractivity contribution in [2.24, 2.45) is 0 Å². The zero-order valence-electron chi connectivity index (χ0n) is 8.27. The largest absolute Gasteiger partial charge is 0.383 e. The first kappa shape index (κ1) is 10.2. The zero-order chi connectivity index (χ0) is 10.3. The molecule has 1 aromatic rings. The van der Waals surface area contributed by atoms with Crippen LogP contribution < -0.4 is 5.73 Å². The van der Waals surface area contributed by atoms with Crippen LogP contribution >= 0.6 is 22.6 Å². The predicted octanol–water partition coefficient (Wildman–Crippen LogP) is 1.81. The van der Waals surface area contributed by atoms with E-state index < -0.39 is 0 Å². The molecule has 14 heavy (non-hydrogen) atoms. The maximum absolute atomic E-state index is 5.93. The topological polar surface area (TPSA) is 53.1 Å². The van der Waals surface area contributed by atoms with E-state index >= 15 is 0 Å². The van der Waals surface area contributed by atoms with Crippen LogP contribution in [-0.2, 0) is 4.74 Å². The number of nitrogen functional groups attached to an aromatic ring is 1. The quantitative estimate of drug-likeness (QED) is 0.805. The van der Waals surface area contributed by atoms with E-state index in [2.05, 4.69) is 41.5 Å². The molecular weight excluding hydrogens is 293 g/mol. The number of aromatic nitrogens is 2. The first-order chi connectivity index (χ1) is 6.59. The number of anilines is 1. The zero-order valence-corrected chi connectivity index (χ0v) is 10.4. The molecule has 1 aromatic heterocycles. The van der Waals surface area contributed by atoms with Crippen LogP contribution in [0.2, 0.25) is 0 Å². The molecule has 0 bridgehead atoms. The molecule has 1 saturated heterocycles. The van der Waals surface area contributed by atoms with Crippen molar-refractivity contribution in [2.45, 2.75) is 38.5 Å². The van der Waals surface area contributed by atoms with Crippen molar-refractivity contribution >= 4 is 28.4 Å². The minimum atomic E-state index is 0.197. The van der Waals surface area contributed by atoms with E-state index in [9.17, 15) is 0 Å². The van der Waals surface area contributed by atoms with Crippen LogP contribution in [0.5, 0.6) is 0 Å². The van der Waals surface area contributed by atoms with Gasteiger partial charge in [-0.25, -0.2) is 4.68 Å². The maximum Gasteiger partial charge on any atom is 0.135 e. The van der Waals surface area contributed by atoms with Crippen molar-refractivity contribution in [1.29, 1.82) is 0 Å². The summed E-state index contributed by atoms with van der Waals surface area (Å²) in [7, 11) is 0. The van der Waals surface area contributed by atoms with Crippen molar-refractivity contribution in [3.05, 3.63) is 9.77 Å². The molecule has 2 heterocycles. The van der Waals surface area contributed by atoms with Crippen molar-refractivity contribution in [2.75, 3.05) is 5.73 Å². The van der Waals surface area contributed by atoms with Gasteiger partial charge in [0.25, 0.3) is 0 Å². The Kier molecular flexibility index (Phi) is 2.70. The molecule has 78 valence electrons. The Balaban J connectivity index is 2.27. The van der Waals surface area contributed by atoms with E-state index in [4.69, 9.17) is 10.5 Å². The summed E-state index contributed by atoms with van der Waals surface area (Å²) < 4.78 is 8.57. The molecular formula is C9H14IN3O. The lowest BCUT2D eigenvalue weighted by Gasteiger charge is -2.15. The summed E-state index contributed by atoms with van der Waals surface area (Å²) in [5, 5.41) is 4.29. The second-order valence-corrected chi connectivity index (χ2v) is 4.94. The standard InChI is InChI=1S/C9H14IN3O/c1-5-3-8(6(2)14-5)13-9(11)7(10)4-12-13/h4-6,8H,3,11H2,1-2H3. The molecule has 5 heteroatoms. The van der Waals surface area contributed by atoms with E-state index in [1.807, 2.05) is 4.68 Å². The first-order valence-corrected chi connectivity index (χ1v) is 5.81. The van der Waals surface area contributed by atoms with Crippen LogP contribution in [0.1, 0.15) is 26.3 Å². The van der Waals surface area contributed by atoms with Crippen molar-refractivity contribution in [3.63, 3.8) is 0 Å². The second kappa shape index (κ2) is 3.69. The Labute approximate surface area is 96.9 Å². The highest BCUT2D eigenvalue weighted by molar-refractivity contribution is 14.1. The summed E-state index contributed by atoms with van der Waals surface area (Å²) in [5.74, 6) is 0.750. The Morgan fingerprint density at radius 1 is 1.64 bits per heavy atom. The van der Waals surface area contributed by atoms with Crippen LogP contribution in [-0.4, -0.2) is 22.0 Å². The highest BCUT2D eigenvalue weighted by Gasteiger charge is 2.32. The maximum atomic E-state index is 5.93. The fourth-order valence-electron chi connectivity index (χ4n) is 1.96. The number of ether oxygens (including phenoxy) is 1. The van der Waals surface area contributed by atoms with Crippen molar-refractivity contribution in [3.8, 4) is 0 Å². The third-order valence-corrected chi connectivity index (χ3v) is 3.49. The highest BCUT2D eigenvalue weighted by Crippen LogP contribution is 2.32. The van der Waals surface area contributed by atoms with Crippen LogP contribution in [0, 0.1) is 3.57 Å². The van der Waals surface area contributed by atoms with Gasteiger partial charge in [-0.15, -0.1) is 0 Å². The summed E-state index contributed by atoms with van der Waals surface area (Å²) in [6.07, 6.45) is 3.29. The van der Waals surface area contributed by atoms with Gasteiger partial charge in [0.15, 0.2) is 0 Å². The average molecular weight is 307 g/mol. The number of nitrogens with zero attached hydrogens (tertiary/aromatic N) is 2. The summed E-state index contributed by atoms with van der Waals surface area (Å²) in [5.41, 5.74) is 5.93. The summed E-state index contributed by atoms with van der Waals surface area (Å²) >= 11 is 2.19. The van der Waals surface area contributed by atoms with Gasteiger partial charge in [-0.1, -0.05) is 0 Å². The summed E-state index contributed by atoms with van der Waals surface area (Å²) in [6, 6.07) is 0.286. The molecule has 0 saturated carbocycles. The lowest BCUT2D eigenvalue weighted by atomic mass is 10.1. The van der Waals surface area contributed by atoms with Crippen molar-refractivity contribution in [1.82, 2.24) is 9.78 Å². The minimum absolute atomic E-state index is 0.197. The van der Waals surface area contributed by atoms with Gasteiger partial charge in [-0.3, -0.25) is 0 Å². The molecule has 0 aromatic carbocycles. The third-order valence-electron chi connectivity index (χ3n) is 2.66. The monoisotopic (exact) mass is 307 g/mol. The van der Waals surface area contributed by atoms with Gasteiger partial charge in [0.1, 0.15) is 5.82 Å². The number of rotatable bonds is 1. The van der Waals surface area contributed by atoms with Gasteiger partial charge >= 0.3 is 0 Å². The average Bonchev–Trinajstić information content (AvgIpc) is 2.59. The molecule has 1 aliphatic rings. The Bertz CT molecular complexity index is 339. The third kappa shape index (κ3) is 1.63. The summed E-state index contributed by atoms with van der Waals surface area (Å²) in [4.78, 5) is 0. The minimum Gasteiger partial charge on any atom is -0.383 e. The molecule has 1 fully saturated rings. The lowest BCUT2D eigenvalue weighted by molar-refractivity contribution is 0.0563. The Morgan fingerprint density at radius 2 is 2.36 bits per heavy atom. The van der Waals surface area contributed by atoms with Gasteiger partial charge in [-0.2, -0.15) is 5.10 Å². The number of hydrogen-bond donors (Lipinski definition) is 1. The van der Waals surface area contributed by atoms with Crippen LogP contribution in [0.3, 0.4) is 0 Å². The van der Waals surface area contributed by atoms with E-state index in [0.29, 0.717) is 6.10 Å². The van der Waals surface area contributed by atoms with Gasteiger partial charge < -0.3 is 10.5 Å². The number of halogens is 1. The van der Waals surface area contributed by atoms with Crippen LogP contribution in [0.4, 0.5) is 5.82 Å². The number of nitrogens with two attached hydrogens (primary N) is 1. The van der Waals surface area contributed by atoms with Gasteiger partial charge in [0.2, 0.25) is 0 Å².